The summed E-state index contributed by atoms with van der Waals surface area (Å²) in [6.07, 6.45) is 4.53. The number of hydrogen-bond donors (Lipinski definition) is 0. The summed E-state index contributed by atoms with van der Waals surface area (Å²) in [5.41, 5.74) is 0.889. The van der Waals surface area contributed by atoms with Crippen molar-refractivity contribution in [3.63, 3.8) is 0 Å². The van der Waals surface area contributed by atoms with Crippen molar-refractivity contribution in [1.29, 1.82) is 0 Å². The summed E-state index contributed by atoms with van der Waals surface area (Å²) >= 11 is 0. The highest BCUT2D eigenvalue weighted by atomic mass is 19.1. The van der Waals surface area contributed by atoms with Gasteiger partial charge >= 0.3 is 0 Å². The smallest absolute Gasteiger partial charge is 0.257 e. The van der Waals surface area contributed by atoms with Gasteiger partial charge in [-0.1, -0.05) is 0 Å². The Bertz CT molecular complexity index is 840. The summed E-state index contributed by atoms with van der Waals surface area (Å²) in [4.78, 5) is 36.6. The molecule has 0 radical (unpaired) electrons. The number of carbonyl (C=O) groups is 2. The number of rotatable bonds is 1. The molecule has 0 bridgehead atoms. The number of benzene rings is 1. The topological polar surface area (TPSA) is 66.4 Å². The average Bonchev–Trinajstić information content (AvgIpc) is 2.88. The fourth-order valence-electron chi connectivity index (χ4n) is 3.78. The van der Waals surface area contributed by atoms with Crippen LogP contribution in [0.4, 0.5) is 4.39 Å². The molecule has 0 unspecified atom stereocenters. The summed E-state index contributed by atoms with van der Waals surface area (Å²) in [7, 11) is 1.75. The van der Waals surface area contributed by atoms with Crippen LogP contribution < -0.4 is 0 Å². The van der Waals surface area contributed by atoms with E-state index in [0.717, 1.165) is 12.8 Å². The van der Waals surface area contributed by atoms with Crippen LogP contribution in [-0.2, 0) is 4.79 Å². The van der Waals surface area contributed by atoms with Crippen molar-refractivity contribution in [2.24, 2.45) is 5.92 Å². The molecule has 0 spiro atoms. The zero-order valence-electron chi connectivity index (χ0n) is 13.3. The van der Waals surface area contributed by atoms with Gasteiger partial charge in [-0.25, -0.2) is 4.39 Å². The van der Waals surface area contributed by atoms with Crippen molar-refractivity contribution < 1.29 is 14.0 Å². The standard InChI is InChI=1S/C17H17FN4O2/c1-21-9-15-10(16(21)23)3-2-6-22(15)17(24)11-7-13-14(8-12(11)18)20-5-4-19-13/h4-5,7-8,10,15H,2-3,6,9H2,1H3/t10-,15-/m1/s1. The Morgan fingerprint density at radius 1 is 1.25 bits per heavy atom. The molecule has 2 amide bonds. The summed E-state index contributed by atoms with van der Waals surface area (Å²) in [5, 5.41) is 0. The lowest BCUT2D eigenvalue weighted by Gasteiger charge is -2.36. The van der Waals surface area contributed by atoms with Crippen LogP contribution in [0, 0.1) is 11.7 Å². The number of carbonyl (C=O) groups excluding carboxylic acids is 2. The van der Waals surface area contributed by atoms with Gasteiger partial charge in [0, 0.05) is 38.6 Å². The van der Waals surface area contributed by atoms with Crippen molar-refractivity contribution in [3.05, 3.63) is 35.9 Å². The molecule has 2 saturated heterocycles. The first kappa shape index (κ1) is 15.0. The number of hydrogen-bond acceptors (Lipinski definition) is 4. The van der Waals surface area contributed by atoms with E-state index in [1.54, 1.807) is 16.8 Å². The number of aromatic nitrogens is 2. The Kier molecular flexibility index (Phi) is 3.44. The van der Waals surface area contributed by atoms with E-state index in [2.05, 4.69) is 9.97 Å². The molecule has 0 N–H and O–H groups in total. The fraction of sp³-hybridized carbons (Fsp3) is 0.412. The lowest BCUT2D eigenvalue weighted by Crippen LogP contribution is -2.48. The van der Waals surface area contributed by atoms with Gasteiger partial charge in [-0.3, -0.25) is 19.6 Å². The summed E-state index contributed by atoms with van der Waals surface area (Å²) in [6.45, 7) is 1.04. The van der Waals surface area contributed by atoms with Crippen LogP contribution in [0.5, 0.6) is 0 Å². The van der Waals surface area contributed by atoms with E-state index >= 15 is 0 Å². The first-order chi connectivity index (χ1) is 11.6. The molecule has 2 atom stereocenters. The van der Waals surface area contributed by atoms with Gasteiger partial charge in [-0.2, -0.15) is 0 Å². The molecule has 1 aromatic heterocycles. The van der Waals surface area contributed by atoms with Gasteiger partial charge < -0.3 is 9.80 Å². The minimum atomic E-state index is -0.604. The van der Waals surface area contributed by atoms with Gasteiger partial charge in [0.2, 0.25) is 5.91 Å². The van der Waals surface area contributed by atoms with E-state index in [0.29, 0.717) is 24.1 Å². The predicted octanol–water partition coefficient (Wildman–Crippen LogP) is 1.46. The third-order valence-electron chi connectivity index (χ3n) is 4.98. The maximum atomic E-state index is 14.4. The van der Waals surface area contributed by atoms with Crippen molar-refractivity contribution >= 4 is 22.8 Å². The first-order valence-electron chi connectivity index (χ1n) is 8.02. The monoisotopic (exact) mass is 328 g/mol. The third kappa shape index (κ3) is 2.23. The Hall–Kier alpha value is -2.57. The van der Waals surface area contributed by atoms with E-state index in [9.17, 15) is 14.0 Å². The van der Waals surface area contributed by atoms with Crippen molar-refractivity contribution in [1.82, 2.24) is 19.8 Å². The van der Waals surface area contributed by atoms with Gasteiger partial charge in [0.1, 0.15) is 5.82 Å². The SMILES string of the molecule is CN1C[C@@H]2[C@@H](CCCN2C(=O)c2cc3nccnc3cc2F)C1=O. The molecular formula is C17H17FN4O2. The molecule has 0 aliphatic carbocycles. The number of nitrogens with zero attached hydrogens (tertiary/aromatic N) is 4. The van der Waals surface area contributed by atoms with E-state index in [-0.39, 0.29) is 29.3 Å². The predicted molar refractivity (Wildman–Crippen MR) is 84.7 cm³/mol. The second-order valence-electron chi connectivity index (χ2n) is 6.41. The Balaban J connectivity index is 1.70. The van der Waals surface area contributed by atoms with Crippen molar-refractivity contribution in [2.75, 3.05) is 20.1 Å². The van der Waals surface area contributed by atoms with Crippen LogP contribution in [0.2, 0.25) is 0 Å². The highest BCUT2D eigenvalue weighted by Gasteiger charge is 2.45. The largest absolute Gasteiger partial charge is 0.343 e. The van der Waals surface area contributed by atoms with Crippen LogP contribution in [-0.4, -0.2) is 57.8 Å². The molecule has 6 nitrogen and oxygen atoms in total. The number of likely N-dealkylation sites (N-methyl/N-ethyl adjacent to an activating group) is 1. The van der Waals surface area contributed by atoms with E-state index < -0.39 is 5.82 Å². The quantitative estimate of drug-likeness (QED) is 0.795. The maximum Gasteiger partial charge on any atom is 0.257 e. The number of fused-ring (bicyclic) bond motifs is 2. The molecule has 7 heteroatoms. The summed E-state index contributed by atoms with van der Waals surface area (Å²) in [5.74, 6) is -1.08. The molecule has 124 valence electrons. The summed E-state index contributed by atoms with van der Waals surface area (Å²) < 4.78 is 14.4. The number of likely N-dealkylation sites (tertiary alicyclic amines) is 2. The Labute approximate surface area is 138 Å². The zero-order chi connectivity index (χ0) is 16.8. The van der Waals surface area contributed by atoms with Crippen LogP contribution in [0.1, 0.15) is 23.2 Å². The van der Waals surface area contributed by atoms with Gasteiger partial charge in [0.05, 0.1) is 28.6 Å². The van der Waals surface area contributed by atoms with Crippen LogP contribution in [0.25, 0.3) is 11.0 Å². The molecule has 24 heavy (non-hydrogen) atoms. The highest BCUT2D eigenvalue weighted by molar-refractivity contribution is 5.98. The number of amides is 2. The molecule has 2 aromatic rings. The van der Waals surface area contributed by atoms with Crippen LogP contribution >= 0.6 is 0 Å². The minimum absolute atomic E-state index is 0.00866. The maximum absolute atomic E-state index is 14.4. The highest BCUT2D eigenvalue weighted by Crippen LogP contribution is 2.32. The van der Waals surface area contributed by atoms with Gasteiger partial charge in [-0.15, -0.1) is 0 Å². The normalized spacial score (nSPS) is 23.7. The van der Waals surface area contributed by atoms with Gasteiger partial charge in [-0.05, 0) is 18.9 Å². The lowest BCUT2D eigenvalue weighted by molar-refractivity contribution is -0.130. The van der Waals surface area contributed by atoms with Crippen molar-refractivity contribution in [3.8, 4) is 0 Å². The molecule has 2 aliphatic heterocycles. The molecular weight excluding hydrogens is 311 g/mol. The van der Waals surface area contributed by atoms with E-state index in [1.807, 2.05) is 0 Å². The minimum Gasteiger partial charge on any atom is -0.343 e. The molecule has 2 fully saturated rings. The summed E-state index contributed by atoms with van der Waals surface area (Å²) in [6, 6.07) is 2.51. The molecule has 0 saturated carbocycles. The molecule has 3 heterocycles. The first-order valence-corrected chi connectivity index (χ1v) is 8.02. The average molecular weight is 328 g/mol. The van der Waals surface area contributed by atoms with Crippen LogP contribution in [0.15, 0.2) is 24.5 Å². The third-order valence-corrected chi connectivity index (χ3v) is 4.98. The molecule has 1 aromatic carbocycles. The van der Waals surface area contributed by atoms with E-state index in [1.165, 1.54) is 24.5 Å². The van der Waals surface area contributed by atoms with Gasteiger partial charge in [0.25, 0.3) is 5.91 Å². The van der Waals surface area contributed by atoms with Gasteiger partial charge in [0.15, 0.2) is 0 Å². The van der Waals surface area contributed by atoms with Crippen molar-refractivity contribution in [2.45, 2.75) is 18.9 Å². The number of halogens is 1. The second kappa shape index (κ2) is 5.51. The number of piperidine rings is 1. The second-order valence-corrected chi connectivity index (χ2v) is 6.41. The van der Waals surface area contributed by atoms with Crippen LogP contribution in [0.3, 0.4) is 0 Å². The molecule has 4 rings (SSSR count). The van der Waals surface area contributed by atoms with E-state index in [4.69, 9.17) is 0 Å². The molecule has 2 aliphatic rings. The Morgan fingerprint density at radius 3 is 2.71 bits per heavy atom. The Morgan fingerprint density at radius 2 is 1.96 bits per heavy atom. The lowest BCUT2D eigenvalue weighted by atomic mass is 9.91. The zero-order valence-corrected chi connectivity index (χ0v) is 13.3. The fourth-order valence-corrected chi connectivity index (χ4v) is 3.78.